The van der Waals surface area contributed by atoms with Crippen LogP contribution in [0.25, 0.3) is 0 Å². The number of nitrogens with zero attached hydrogens (tertiary/aromatic N) is 3. The van der Waals surface area contributed by atoms with Crippen LogP contribution in [0.1, 0.15) is 66.2 Å². The van der Waals surface area contributed by atoms with Gasteiger partial charge in [0.1, 0.15) is 11.5 Å². The number of amides is 1. The first-order chi connectivity index (χ1) is 13.2. The number of hydrogen-bond donors (Lipinski definition) is 1. The molecule has 0 aromatic carbocycles. The lowest BCUT2D eigenvalue weighted by atomic mass is 9.89. The number of anilines is 1. The fourth-order valence-electron chi connectivity index (χ4n) is 4.15. The number of hydrogen-bond acceptors (Lipinski definition) is 5. The number of carbonyl (C=O) groups is 2. The number of methoxy groups -OCH3 is 1. The molecule has 1 aliphatic heterocycles. The molecule has 3 heterocycles. The molecule has 2 aromatic rings. The van der Waals surface area contributed by atoms with E-state index < -0.39 is 5.97 Å². The van der Waals surface area contributed by atoms with Crippen molar-refractivity contribution in [1.29, 1.82) is 0 Å². The Morgan fingerprint density at radius 2 is 2.11 bits per heavy atom. The van der Waals surface area contributed by atoms with E-state index in [9.17, 15) is 9.59 Å². The maximum atomic E-state index is 12.4. The largest absolute Gasteiger partial charge is 0.464 e. The maximum Gasteiger partial charge on any atom is 0.356 e. The first-order valence-electron chi connectivity index (χ1n) is 9.56. The third-order valence-corrected chi connectivity index (χ3v) is 5.57. The highest BCUT2D eigenvalue weighted by atomic mass is 16.5. The number of fused-ring (bicyclic) bond motifs is 1. The Morgan fingerprint density at radius 3 is 2.89 bits per heavy atom. The van der Waals surface area contributed by atoms with E-state index in [-0.39, 0.29) is 17.5 Å². The van der Waals surface area contributed by atoms with Crippen molar-refractivity contribution in [2.24, 2.45) is 5.92 Å². The molecule has 142 valence electrons. The average Bonchev–Trinajstić information content (AvgIpc) is 3.10. The van der Waals surface area contributed by atoms with Gasteiger partial charge in [-0.15, -0.1) is 0 Å². The number of ether oxygens (including phenoxy) is 1. The minimum atomic E-state index is -0.481. The zero-order chi connectivity index (χ0) is 18.8. The normalized spacial score (nSPS) is 20.0. The van der Waals surface area contributed by atoms with Crippen molar-refractivity contribution in [3.63, 3.8) is 0 Å². The summed E-state index contributed by atoms with van der Waals surface area (Å²) in [6, 6.07) is 5.23. The lowest BCUT2D eigenvalue weighted by Crippen LogP contribution is -2.26. The van der Waals surface area contributed by atoms with Gasteiger partial charge in [0.15, 0.2) is 0 Å². The summed E-state index contributed by atoms with van der Waals surface area (Å²) in [5.41, 5.74) is 1.89. The predicted octanol–water partition coefficient (Wildman–Crippen LogP) is 3.12. The second kappa shape index (κ2) is 7.50. The Bertz CT molecular complexity index is 855. The van der Waals surface area contributed by atoms with Gasteiger partial charge in [-0.2, -0.15) is 5.10 Å². The van der Waals surface area contributed by atoms with Gasteiger partial charge < -0.3 is 10.1 Å². The van der Waals surface area contributed by atoms with E-state index in [1.54, 1.807) is 12.1 Å². The summed E-state index contributed by atoms with van der Waals surface area (Å²) in [4.78, 5) is 28.6. The van der Waals surface area contributed by atoms with E-state index in [1.165, 1.54) is 39.2 Å². The van der Waals surface area contributed by atoms with Crippen molar-refractivity contribution in [2.75, 3.05) is 12.4 Å². The molecule has 27 heavy (non-hydrogen) atoms. The van der Waals surface area contributed by atoms with Gasteiger partial charge in [0.05, 0.1) is 13.3 Å². The van der Waals surface area contributed by atoms with Gasteiger partial charge in [0.25, 0.3) is 0 Å². The third-order valence-electron chi connectivity index (χ3n) is 5.57. The van der Waals surface area contributed by atoms with E-state index in [0.29, 0.717) is 18.0 Å². The Balaban J connectivity index is 1.64. The molecule has 1 atom stereocenters. The van der Waals surface area contributed by atoms with Gasteiger partial charge in [0, 0.05) is 30.1 Å². The maximum absolute atomic E-state index is 12.4. The van der Waals surface area contributed by atoms with Gasteiger partial charge in [-0.1, -0.05) is 25.3 Å². The van der Waals surface area contributed by atoms with Crippen LogP contribution in [0.15, 0.2) is 24.4 Å². The summed E-state index contributed by atoms with van der Waals surface area (Å²) in [5, 5.41) is 7.55. The molecule has 2 aliphatic rings. The second-order valence-electron chi connectivity index (χ2n) is 7.38. The van der Waals surface area contributed by atoms with Crippen molar-refractivity contribution < 1.29 is 14.3 Å². The van der Waals surface area contributed by atoms with E-state index in [4.69, 9.17) is 4.74 Å². The number of carbonyl (C=O) groups excluding carboxylic acids is 2. The van der Waals surface area contributed by atoms with Crippen LogP contribution < -0.4 is 5.32 Å². The van der Waals surface area contributed by atoms with Crippen LogP contribution in [-0.2, 0) is 16.1 Å². The molecule has 0 bridgehead atoms. The smallest absolute Gasteiger partial charge is 0.356 e. The van der Waals surface area contributed by atoms with Gasteiger partial charge in [-0.05, 0) is 30.9 Å². The summed E-state index contributed by atoms with van der Waals surface area (Å²) in [7, 11) is 1.33. The predicted molar refractivity (Wildman–Crippen MR) is 99.5 cm³/mol. The fraction of sp³-hybridized carbons (Fsp3) is 0.500. The van der Waals surface area contributed by atoms with E-state index in [0.717, 1.165) is 17.9 Å². The minimum absolute atomic E-state index is 0.0526. The summed E-state index contributed by atoms with van der Waals surface area (Å²) in [6.07, 6.45) is 8.41. The zero-order valence-corrected chi connectivity index (χ0v) is 15.5. The van der Waals surface area contributed by atoms with Crippen molar-refractivity contribution in [3.05, 3.63) is 41.3 Å². The monoisotopic (exact) mass is 368 g/mol. The van der Waals surface area contributed by atoms with Crippen molar-refractivity contribution in [2.45, 2.75) is 51.0 Å². The number of esters is 1. The van der Waals surface area contributed by atoms with Crippen LogP contribution >= 0.6 is 0 Å². The average molecular weight is 368 g/mol. The number of rotatable bonds is 4. The zero-order valence-electron chi connectivity index (χ0n) is 15.5. The molecule has 2 aromatic heterocycles. The Labute approximate surface area is 158 Å². The molecular weight excluding hydrogens is 344 g/mol. The summed E-state index contributed by atoms with van der Waals surface area (Å²) >= 11 is 0. The van der Waals surface area contributed by atoms with Gasteiger partial charge in [-0.25, -0.2) is 14.5 Å². The van der Waals surface area contributed by atoms with E-state index in [2.05, 4.69) is 15.4 Å². The highest BCUT2D eigenvalue weighted by Crippen LogP contribution is 2.37. The standard InChI is InChI=1S/C20H24N4O3/c1-27-20(26)17-9-5-8-16(22-17)14-10-18(25)23-19-15(14)11-21-24(19)12-13-6-3-2-4-7-13/h5,8-9,11,13-14H,2-4,6-7,10,12H2,1H3,(H,23,25)/t14-/m1/s1. The molecule has 1 aliphatic carbocycles. The lowest BCUT2D eigenvalue weighted by molar-refractivity contribution is -0.116. The molecule has 0 unspecified atom stereocenters. The van der Waals surface area contributed by atoms with Crippen LogP contribution in [0.3, 0.4) is 0 Å². The molecule has 0 radical (unpaired) electrons. The summed E-state index contributed by atoms with van der Waals surface area (Å²) < 4.78 is 6.69. The van der Waals surface area contributed by atoms with Crippen LogP contribution in [-0.4, -0.2) is 33.8 Å². The minimum Gasteiger partial charge on any atom is -0.464 e. The Hall–Kier alpha value is -2.70. The molecule has 7 nitrogen and oxygen atoms in total. The molecule has 0 spiro atoms. The summed E-state index contributed by atoms with van der Waals surface area (Å²) in [6.45, 7) is 0.831. The SMILES string of the molecule is COC(=O)c1cccc([C@@H]2CC(=O)Nc3c2cnn3CC2CCCCC2)n1. The highest BCUT2D eigenvalue weighted by molar-refractivity contribution is 5.94. The lowest BCUT2D eigenvalue weighted by Gasteiger charge is -2.25. The van der Waals surface area contributed by atoms with Gasteiger partial charge in [0.2, 0.25) is 5.91 Å². The topological polar surface area (TPSA) is 86.1 Å². The Kier molecular flexibility index (Phi) is 4.92. The highest BCUT2D eigenvalue weighted by Gasteiger charge is 2.32. The number of nitrogens with one attached hydrogen (secondary N) is 1. The van der Waals surface area contributed by atoms with Gasteiger partial charge in [-0.3, -0.25) is 4.79 Å². The van der Waals surface area contributed by atoms with Crippen LogP contribution in [0.5, 0.6) is 0 Å². The fourth-order valence-corrected chi connectivity index (χ4v) is 4.15. The number of pyridine rings is 1. The number of aromatic nitrogens is 3. The van der Waals surface area contributed by atoms with E-state index in [1.807, 2.05) is 16.9 Å². The first-order valence-corrected chi connectivity index (χ1v) is 9.56. The van der Waals surface area contributed by atoms with Crippen LogP contribution in [0.2, 0.25) is 0 Å². The quantitative estimate of drug-likeness (QED) is 0.838. The molecule has 7 heteroatoms. The van der Waals surface area contributed by atoms with E-state index >= 15 is 0 Å². The second-order valence-corrected chi connectivity index (χ2v) is 7.38. The summed E-state index contributed by atoms with van der Waals surface area (Å²) in [5.74, 6) is 0.639. The van der Waals surface area contributed by atoms with Crippen LogP contribution in [0.4, 0.5) is 5.82 Å². The van der Waals surface area contributed by atoms with Crippen LogP contribution in [0, 0.1) is 5.92 Å². The molecule has 1 fully saturated rings. The first kappa shape index (κ1) is 17.7. The van der Waals surface area contributed by atoms with Crippen molar-refractivity contribution >= 4 is 17.7 Å². The molecule has 1 amide bonds. The molecule has 1 N–H and O–H groups in total. The van der Waals surface area contributed by atoms with Crippen molar-refractivity contribution in [3.8, 4) is 0 Å². The molecule has 0 saturated heterocycles. The third kappa shape index (κ3) is 3.59. The molecule has 1 saturated carbocycles. The molecular formula is C20H24N4O3. The van der Waals surface area contributed by atoms with Gasteiger partial charge >= 0.3 is 5.97 Å². The Morgan fingerprint density at radius 1 is 1.30 bits per heavy atom. The molecule has 4 rings (SSSR count). The van der Waals surface area contributed by atoms with Crippen molar-refractivity contribution in [1.82, 2.24) is 14.8 Å².